The van der Waals surface area contributed by atoms with E-state index in [1.165, 1.54) is 24.3 Å². The minimum absolute atomic E-state index is 0.0571. The summed E-state index contributed by atoms with van der Waals surface area (Å²) in [5.74, 6) is -0.860. The Morgan fingerprint density at radius 3 is 1.81 bits per heavy atom. The number of benzene rings is 2. The topological polar surface area (TPSA) is 213 Å². The first-order chi connectivity index (χ1) is 30.0. The van der Waals surface area contributed by atoms with E-state index >= 15 is 0 Å². The molecule has 2 aliphatic heterocycles. The molecule has 0 saturated heterocycles. The zero-order chi connectivity index (χ0) is 46.1. The molecule has 2 heterocycles. The average molecular weight is 920 g/mol. The Morgan fingerprint density at radius 1 is 0.730 bits per heavy atom. The third-order valence-electron chi connectivity index (χ3n) is 11.1. The van der Waals surface area contributed by atoms with Crippen LogP contribution >= 0.6 is 0 Å². The number of ether oxygens (including phenoxy) is 6. The Labute approximate surface area is 372 Å². The maximum absolute atomic E-state index is 12.2. The molecule has 63 heavy (non-hydrogen) atoms. The highest BCUT2D eigenvalue weighted by molar-refractivity contribution is 7.86. The van der Waals surface area contributed by atoms with Crippen LogP contribution in [-0.4, -0.2) is 140 Å². The number of carboxylic acid groups (broad SMARTS) is 1. The number of rotatable bonds is 30. The zero-order valence-corrected chi connectivity index (χ0v) is 38.7. The molecule has 350 valence electrons. The predicted molar refractivity (Wildman–Crippen MR) is 235 cm³/mol. The first-order valence-electron chi connectivity index (χ1n) is 21.2. The van der Waals surface area contributed by atoms with Gasteiger partial charge in [0.15, 0.2) is 5.71 Å². The van der Waals surface area contributed by atoms with E-state index in [1.54, 1.807) is 19.2 Å². The fraction of sp³-hybridized carbons (Fsp3) is 0.556. The second-order valence-corrected chi connectivity index (χ2v) is 18.6. The second kappa shape index (κ2) is 24.5. The molecule has 2 aromatic rings. The minimum atomic E-state index is -4.77. The predicted octanol–water partition coefficient (Wildman–Crippen LogP) is 5.43. The van der Waals surface area contributed by atoms with Gasteiger partial charge in [-0.15, -0.1) is 0 Å². The minimum Gasteiger partial charge on any atom is -0.744 e. The number of hydrogen-bond acceptors (Lipinski definition) is 14. The lowest BCUT2D eigenvalue weighted by atomic mass is 9.78. The highest BCUT2D eigenvalue weighted by Crippen LogP contribution is 2.51. The second-order valence-electron chi connectivity index (χ2n) is 15.8. The van der Waals surface area contributed by atoms with E-state index in [9.17, 15) is 35.8 Å². The van der Waals surface area contributed by atoms with Crippen LogP contribution in [-0.2, 0) is 64.3 Å². The van der Waals surface area contributed by atoms with Crippen molar-refractivity contribution >= 4 is 43.3 Å². The van der Waals surface area contributed by atoms with Crippen LogP contribution in [0.3, 0.4) is 0 Å². The van der Waals surface area contributed by atoms with Gasteiger partial charge in [-0.1, -0.05) is 24.6 Å². The molecular formula is C45H63N2O14S2-. The number of carboxylic acids is 1. The van der Waals surface area contributed by atoms with Crippen molar-refractivity contribution in [2.45, 2.75) is 80.4 Å². The van der Waals surface area contributed by atoms with Crippen LogP contribution in [0, 0.1) is 0 Å². The van der Waals surface area contributed by atoms with Crippen molar-refractivity contribution in [3.63, 3.8) is 0 Å². The lowest BCUT2D eigenvalue weighted by molar-refractivity contribution is -0.433. The Kier molecular flexibility index (Phi) is 20.1. The fourth-order valence-electron chi connectivity index (χ4n) is 7.82. The molecular weight excluding hydrogens is 857 g/mol. The number of anilines is 1. The zero-order valence-electron chi connectivity index (χ0n) is 37.0. The number of methoxy groups -OCH3 is 1. The lowest BCUT2D eigenvalue weighted by Crippen LogP contribution is -2.30. The van der Waals surface area contributed by atoms with E-state index in [1.807, 2.05) is 58.1 Å². The largest absolute Gasteiger partial charge is 0.744 e. The Balaban J connectivity index is 1.48. The molecule has 0 fully saturated rings. The number of carbonyl (C=O) groups is 1. The van der Waals surface area contributed by atoms with Gasteiger partial charge in [0.05, 0.1) is 81.3 Å². The molecule has 1 unspecified atom stereocenters. The molecule has 0 spiro atoms. The van der Waals surface area contributed by atoms with Crippen LogP contribution in [0.5, 0.6) is 0 Å². The first-order valence-corrected chi connectivity index (χ1v) is 24.1. The lowest BCUT2D eigenvalue weighted by Gasteiger charge is -2.30. The van der Waals surface area contributed by atoms with E-state index in [0.717, 1.165) is 28.3 Å². The normalized spacial score (nSPS) is 18.1. The number of unbranched alkanes of at least 4 members (excludes halogenated alkanes) is 2. The summed E-state index contributed by atoms with van der Waals surface area (Å²) >= 11 is 0. The molecule has 1 atom stereocenters. The number of hydrogen-bond donors (Lipinski definition) is 1. The van der Waals surface area contributed by atoms with Gasteiger partial charge in [0.1, 0.15) is 26.8 Å². The summed E-state index contributed by atoms with van der Waals surface area (Å²) in [7, 11) is -7.78. The molecule has 0 amide bonds. The first kappa shape index (κ1) is 51.8. The van der Waals surface area contributed by atoms with E-state index in [2.05, 4.69) is 9.48 Å². The van der Waals surface area contributed by atoms with Crippen LogP contribution in [0.1, 0.15) is 70.9 Å². The quantitative estimate of drug-likeness (QED) is 0.0448. The molecule has 18 heteroatoms. The third-order valence-corrected chi connectivity index (χ3v) is 12.8. The summed E-state index contributed by atoms with van der Waals surface area (Å²) in [4.78, 5) is 12.7. The van der Waals surface area contributed by atoms with Gasteiger partial charge in [0, 0.05) is 61.2 Å². The Morgan fingerprint density at radius 2 is 1.27 bits per heavy atom. The van der Waals surface area contributed by atoms with Crippen molar-refractivity contribution in [2.24, 2.45) is 0 Å². The van der Waals surface area contributed by atoms with Gasteiger partial charge < -0.3 is 47.5 Å². The number of fused-ring (bicyclic) bond motifs is 2. The van der Waals surface area contributed by atoms with E-state index < -0.39 is 37.0 Å². The maximum atomic E-state index is 12.2. The van der Waals surface area contributed by atoms with Gasteiger partial charge in [-0.2, -0.15) is 4.58 Å². The molecule has 0 saturated carbocycles. The number of aliphatic carboxylic acids is 1. The summed E-state index contributed by atoms with van der Waals surface area (Å²) in [5, 5.41) is 9.17. The highest BCUT2D eigenvalue weighted by Gasteiger charge is 2.45. The van der Waals surface area contributed by atoms with Crippen LogP contribution in [0.15, 0.2) is 82.3 Å². The average Bonchev–Trinajstić information content (AvgIpc) is 3.59. The fourth-order valence-corrected chi connectivity index (χ4v) is 8.82. The molecule has 4 rings (SSSR count). The molecule has 2 aromatic carbocycles. The molecule has 16 nitrogen and oxygen atoms in total. The summed E-state index contributed by atoms with van der Waals surface area (Å²) in [6, 6.07) is 8.88. The number of allylic oxidation sites excluding steroid dienone is 6. The van der Waals surface area contributed by atoms with E-state index in [0.29, 0.717) is 117 Å². The summed E-state index contributed by atoms with van der Waals surface area (Å²) < 4.78 is 107. The monoisotopic (exact) mass is 919 g/mol. The van der Waals surface area contributed by atoms with E-state index in [4.69, 9.17) is 28.4 Å². The molecule has 0 aromatic heterocycles. The summed E-state index contributed by atoms with van der Waals surface area (Å²) in [6.45, 7) is 13.7. The van der Waals surface area contributed by atoms with Gasteiger partial charge in [0.2, 0.25) is 5.69 Å². The van der Waals surface area contributed by atoms with Gasteiger partial charge in [-0.3, -0.25) is 4.79 Å². The van der Waals surface area contributed by atoms with Crippen molar-refractivity contribution in [3.8, 4) is 0 Å². The third kappa shape index (κ3) is 14.6. The molecule has 0 radical (unpaired) electrons. The van der Waals surface area contributed by atoms with Crippen molar-refractivity contribution in [1.29, 1.82) is 0 Å². The van der Waals surface area contributed by atoms with E-state index in [-0.39, 0.29) is 16.2 Å². The summed E-state index contributed by atoms with van der Waals surface area (Å²) in [6.07, 6.45) is 11.9. The van der Waals surface area contributed by atoms with Crippen molar-refractivity contribution < 1.29 is 68.8 Å². The van der Waals surface area contributed by atoms with Crippen LogP contribution < -0.4 is 4.90 Å². The molecule has 0 bridgehead atoms. The maximum Gasteiger partial charge on any atom is 0.303 e. The smallest absolute Gasteiger partial charge is 0.303 e. The Hall–Kier alpha value is -3.82. The van der Waals surface area contributed by atoms with Crippen molar-refractivity contribution in [3.05, 3.63) is 83.6 Å². The molecule has 1 N–H and O–H groups in total. The molecule has 0 aliphatic carbocycles. The van der Waals surface area contributed by atoms with Gasteiger partial charge in [-0.25, -0.2) is 16.8 Å². The van der Waals surface area contributed by atoms with Gasteiger partial charge >= 0.3 is 5.97 Å². The van der Waals surface area contributed by atoms with Gasteiger partial charge in [-0.05, 0) is 88.9 Å². The SMILES string of the molecule is CC[N+]1=C(/C=C/C=C/C=C2/N(CCCCCC(=O)O)c3ccc(S(=O)(=O)[O-])cc3C2(C)CCOCCOCCOCCOCCOCCOC)C(C)(C)c2cc(S(=O)(=O)[O-])ccc21. The van der Waals surface area contributed by atoms with Crippen molar-refractivity contribution in [1.82, 2.24) is 0 Å². The van der Waals surface area contributed by atoms with Crippen LogP contribution in [0.4, 0.5) is 11.4 Å². The Bertz CT molecular complexity index is 2180. The van der Waals surface area contributed by atoms with Gasteiger partial charge in [0.25, 0.3) is 0 Å². The standard InChI is InChI=1S/C45H64N2O14S2/c1-6-46-39-18-16-35(62(50,51)52)33-37(39)44(2,3)41(46)13-9-7-10-14-42-45(4,20-22-57-25-26-59-29-30-61-32-31-60-28-27-58-24-23-56-5)38-34-36(63(53,54)55)17-19-40(38)47(42)21-12-8-11-15-43(48)49/h7,9-10,13-14,16-19,33-34H,6,8,11-12,15,20-32H2,1-5H3,(H2-,48,49,50,51,52,53,54,55)/p-1. The number of nitrogens with zero attached hydrogens (tertiary/aromatic N) is 2. The molecule has 2 aliphatic rings. The summed E-state index contributed by atoms with van der Waals surface area (Å²) in [5.41, 5.74) is 3.35. The highest BCUT2D eigenvalue weighted by atomic mass is 32.2. The van der Waals surface area contributed by atoms with Crippen molar-refractivity contribution in [2.75, 3.05) is 97.8 Å². The van der Waals surface area contributed by atoms with Crippen LogP contribution in [0.2, 0.25) is 0 Å². The van der Waals surface area contributed by atoms with Crippen LogP contribution in [0.25, 0.3) is 0 Å².